The highest BCUT2D eigenvalue weighted by molar-refractivity contribution is 5.81. The second kappa shape index (κ2) is 13.2. The fourth-order valence-electron chi connectivity index (χ4n) is 5.78. The Morgan fingerprint density at radius 3 is 2.71 bits per heavy atom. The quantitative estimate of drug-likeness (QED) is 0.144. The third kappa shape index (κ3) is 6.83. The number of aryl methyl sites for hydroxylation is 1. The molecule has 3 heterocycles. The molecule has 0 bridgehead atoms. The molecule has 0 spiro atoms. The molecular weight excluding hydrogens is 528 g/mol. The first-order valence-electron chi connectivity index (χ1n) is 14.2. The van der Waals surface area contributed by atoms with E-state index < -0.39 is 36.6 Å². The largest absolute Gasteiger partial charge is 0.480 e. The lowest BCUT2D eigenvalue weighted by Gasteiger charge is -2.44. The number of nitrogens with zero attached hydrogens (tertiary/aromatic N) is 5. The number of nitrogen functional groups attached to an aromatic ring is 1. The SMILES string of the molecule is Nc1ncnc2c1ncn2[C@@H]1O[C@H](CN(CC[C@H](N)C(=O)O)C2CC(CNCCCc3ccccc3)C2)[C@@H](O)[C@H]1O. The molecule has 8 N–H and O–H groups in total. The van der Waals surface area contributed by atoms with E-state index in [1.807, 2.05) is 6.07 Å². The Morgan fingerprint density at radius 1 is 1.17 bits per heavy atom. The number of nitrogens with two attached hydrogens (primary N) is 2. The van der Waals surface area contributed by atoms with Gasteiger partial charge in [0.1, 0.15) is 36.2 Å². The molecule has 3 aromatic rings. The van der Waals surface area contributed by atoms with Crippen molar-refractivity contribution in [2.75, 3.05) is 31.9 Å². The molecule has 2 fully saturated rings. The molecule has 13 nitrogen and oxygen atoms in total. The highest BCUT2D eigenvalue weighted by Crippen LogP contribution is 2.36. The number of nitrogens with one attached hydrogen (secondary N) is 1. The first-order valence-corrected chi connectivity index (χ1v) is 14.2. The van der Waals surface area contributed by atoms with Crippen molar-refractivity contribution in [2.45, 2.75) is 68.7 Å². The number of hydrogen-bond acceptors (Lipinski definition) is 11. The number of aliphatic hydroxyl groups excluding tert-OH is 2. The van der Waals surface area contributed by atoms with Crippen LogP contribution in [0.2, 0.25) is 0 Å². The van der Waals surface area contributed by atoms with E-state index in [2.05, 4.69) is 49.4 Å². The van der Waals surface area contributed by atoms with E-state index in [1.165, 1.54) is 18.2 Å². The van der Waals surface area contributed by atoms with E-state index in [4.69, 9.17) is 16.2 Å². The lowest BCUT2D eigenvalue weighted by atomic mass is 9.79. The van der Waals surface area contributed by atoms with Gasteiger partial charge in [0.2, 0.25) is 0 Å². The molecule has 5 atom stereocenters. The van der Waals surface area contributed by atoms with Crippen LogP contribution in [0.1, 0.15) is 37.5 Å². The smallest absolute Gasteiger partial charge is 0.320 e. The number of imidazole rings is 1. The molecule has 1 saturated carbocycles. The number of ether oxygens (including phenoxy) is 1. The number of aliphatic carboxylic acids is 1. The Kier molecular flexibility index (Phi) is 9.42. The molecule has 2 aromatic heterocycles. The highest BCUT2D eigenvalue weighted by atomic mass is 16.6. The maximum Gasteiger partial charge on any atom is 0.320 e. The Labute approximate surface area is 238 Å². The minimum absolute atomic E-state index is 0.209. The van der Waals surface area contributed by atoms with Crippen LogP contribution in [0, 0.1) is 5.92 Å². The van der Waals surface area contributed by atoms with Gasteiger partial charge < -0.3 is 36.8 Å². The Morgan fingerprint density at radius 2 is 1.95 bits per heavy atom. The van der Waals surface area contributed by atoms with Crippen LogP contribution in [-0.2, 0) is 16.0 Å². The van der Waals surface area contributed by atoms with Gasteiger partial charge in [0.25, 0.3) is 0 Å². The van der Waals surface area contributed by atoms with Crippen molar-refractivity contribution in [1.29, 1.82) is 0 Å². The Hall–Kier alpha value is -3.20. The van der Waals surface area contributed by atoms with Crippen molar-refractivity contribution in [2.24, 2.45) is 11.7 Å². The number of carboxylic acids is 1. The zero-order valence-electron chi connectivity index (χ0n) is 23.0. The summed E-state index contributed by atoms with van der Waals surface area (Å²) in [6.07, 6.45) is 3.07. The van der Waals surface area contributed by atoms with Gasteiger partial charge in [0.05, 0.1) is 6.33 Å². The van der Waals surface area contributed by atoms with Crippen LogP contribution in [0.4, 0.5) is 5.82 Å². The molecule has 13 heteroatoms. The minimum atomic E-state index is -1.22. The predicted molar refractivity (Wildman–Crippen MR) is 152 cm³/mol. The van der Waals surface area contributed by atoms with E-state index in [9.17, 15) is 20.1 Å². The molecule has 0 unspecified atom stereocenters. The number of rotatable bonds is 14. The number of benzene rings is 1. The van der Waals surface area contributed by atoms with E-state index in [1.54, 1.807) is 4.57 Å². The molecule has 1 aliphatic carbocycles. The van der Waals surface area contributed by atoms with E-state index in [0.29, 0.717) is 30.2 Å². The summed E-state index contributed by atoms with van der Waals surface area (Å²) in [5, 5.41) is 34.7. The standard InChI is InChI=1S/C28H40N8O5/c29-20(28(39)40)8-10-35(19-11-18(12-19)13-31-9-4-7-17-5-2-1-3-6-17)14-21-23(37)24(38)27(41-21)36-16-34-22-25(30)32-15-33-26(22)36/h1-3,5-6,15-16,18-21,23-24,27,31,37-38H,4,7-14,29H2,(H,39,40)(H2,30,32,33)/t18?,19?,20-,21+,23+,24+,27+/m0/s1. The summed E-state index contributed by atoms with van der Waals surface area (Å²) in [6, 6.07) is 9.68. The van der Waals surface area contributed by atoms with Crippen LogP contribution in [0.5, 0.6) is 0 Å². The maximum absolute atomic E-state index is 11.3. The number of aliphatic hydroxyl groups is 2. The average molecular weight is 569 g/mol. The van der Waals surface area contributed by atoms with Crippen LogP contribution in [0.25, 0.3) is 11.2 Å². The normalized spacial score (nSPS) is 26.8. The van der Waals surface area contributed by atoms with Crippen LogP contribution in [0.15, 0.2) is 43.0 Å². The first-order chi connectivity index (χ1) is 19.8. The van der Waals surface area contributed by atoms with Gasteiger partial charge in [-0.15, -0.1) is 0 Å². The Bertz CT molecular complexity index is 1290. The van der Waals surface area contributed by atoms with Gasteiger partial charge in [-0.2, -0.15) is 0 Å². The lowest BCUT2D eigenvalue weighted by Crippen LogP contribution is -2.52. The first kappa shape index (κ1) is 29.3. The van der Waals surface area contributed by atoms with Crippen LogP contribution < -0.4 is 16.8 Å². The second-order valence-corrected chi connectivity index (χ2v) is 11.1. The summed E-state index contributed by atoms with van der Waals surface area (Å²) in [5.41, 5.74) is 13.8. The molecule has 5 rings (SSSR count). The van der Waals surface area contributed by atoms with Gasteiger partial charge in [0, 0.05) is 19.1 Å². The number of aromatic nitrogens is 4. The molecule has 1 aromatic carbocycles. The summed E-state index contributed by atoms with van der Waals surface area (Å²) in [5.74, 6) is -0.316. The molecule has 222 valence electrons. The van der Waals surface area contributed by atoms with E-state index >= 15 is 0 Å². The van der Waals surface area contributed by atoms with Gasteiger partial charge >= 0.3 is 5.97 Å². The third-order valence-electron chi connectivity index (χ3n) is 8.28. The number of carbonyl (C=O) groups is 1. The van der Waals surface area contributed by atoms with Crippen molar-refractivity contribution in [3.63, 3.8) is 0 Å². The second-order valence-electron chi connectivity index (χ2n) is 11.1. The monoisotopic (exact) mass is 568 g/mol. The molecule has 0 radical (unpaired) electrons. The van der Waals surface area contributed by atoms with Crippen molar-refractivity contribution in [3.8, 4) is 0 Å². The summed E-state index contributed by atoms with van der Waals surface area (Å²) in [7, 11) is 0. The van der Waals surface area contributed by atoms with Crippen LogP contribution in [-0.4, -0.2) is 102 Å². The molecule has 1 saturated heterocycles. The minimum Gasteiger partial charge on any atom is -0.480 e. The van der Waals surface area contributed by atoms with Crippen molar-refractivity contribution in [1.82, 2.24) is 29.7 Å². The van der Waals surface area contributed by atoms with Crippen molar-refractivity contribution < 1.29 is 24.9 Å². The molecule has 2 aliphatic rings. The fourth-order valence-corrected chi connectivity index (χ4v) is 5.78. The zero-order chi connectivity index (χ0) is 28.9. The summed E-state index contributed by atoms with van der Waals surface area (Å²) < 4.78 is 7.71. The molecule has 0 amide bonds. The molecular formula is C28H40N8O5. The predicted octanol–water partition coefficient (Wildman–Crippen LogP) is 0.133. The number of carboxylic acid groups (broad SMARTS) is 1. The van der Waals surface area contributed by atoms with Crippen LogP contribution >= 0.6 is 0 Å². The number of anilines is 1. The highest BCUT2D eigenvalue weighted by Gasteiger charge is 2.46. The van der Waals surface area contributed by atoms with Crippen LogP contribution in [0.3, 0.4) is 0 Å². The average Bonchev–Trinajstić information content (AvgIpc) is 3.49. The zero-order valence-corrected chi connectivity index (χ0v) is 23.0. The van der Waals surface area contributed by atoms with E-state index in [0.717, 1.165) is 38.8 Å². The summed E-state index contributed by atoms with van der Waals surface area (Å²) in [4.78, 5) is 25.9. The van der Waals surface area contributed by atoms with Gasteiger partial charge in [0.15, 0.2) is 17.7 Å². The number of hydrogen-bond donors (Lipinski definition) is 6. The summed E-state index contributed by atoms with van der Waals surface area (Å²) in [6.45, 7) is 2.65. The molecule has 1 aliphatic heterocycles. The van der Waals surface area contributed by atoms with Gasteiger partial charge in [-0.3, -0.25) is 14.3 Å². The lowest BCUT2D eigenvalue weighted by molar-refractivity contribution is -0.138. The van der Waals surface area contributed by atoms with Gasteiger partial charge in [-0.1, -0.05) is 30.3 Å². The van der Waals surface area contributed by atoms with Crippen molar-refractivity contribution >= 4 is 23.0 Å². The Balaban J connectivity index is 1.16. The van der Waals surface area contributed by atoms with Gasteiger partial charge in [-0.25, -0.2) is 15.0 Å². The van der Waals surface area contributed by atoms with E-state index in [-0.39, 0.29) is 18.3 Å². The summed E-state index contributed by atoms with van der Waals surface area (Å²) >= 11 is 0. The van der Waals surface area contributed by atoms with Crippen molar-refractivity contribution in [3.05, 3.63) is 48.5 Å². The topological polar surface area (TPSA) is 198 Å². The fraction of sp³-hybridized carbons (Fsp3) is 0.571. The number of fused-ring (bicyclic) bond motifs is 1. The third-order valence-corrected chi connectivity index (χ3v) is 8.28. The maximum atomic E-state index is 11.3. The van der Waals surface area contributed by atoms with Gasteiger partial charge in [-0.05, 0) is 56.7 Å². The molecule has 41 heavy (non-hydrogen) atoms.